The summed E-state index contributed by atoms with van der Waals surface area (Å²) in [4.78, 5) is 13.8. The van der Waals surface area contributed by atoms with Crippen LogP contribution in [-0.4, -0.2) is 23.9 Å². The lowest BCUT2D eigenvalue weighted by Crippen LogP contribution is -2.50. The third kappa shape index (κ3) is 3.35. The Morgan fingerprint density at radius 1 is 1.14 bits per heavy atom. The van der Waals surface area contributed by atoms with Crippen molar-refractivity contribution in [2.24, 2.45) is 5.92 Å². The summed E-state index contributed by atoms with van der Waals surface area (Å²) >= 11 is 3.44. The molecule has 1 aliphatic heterocycles. The minimum atomic E-state index is -0.727. The van der Waals surface area contributed by atoms with Gasteiger partial charge in [0.15, 0.2) is 0 Å². The molecule has 22 heavy (non-hydrogen) atoms. The van der Waals surface area contributed by atoms with Crippen molar-refractivity contribution in [2.45, 2.75) is 6.42 Å². The van der Waals surface area contributed by atoms with E-state index in [1.54, 1.807) is 4.90 Å². The number of carbonyl (C=O) groups excluding carboxylic acids is 1. The molecule has 2 aromatic rings. The van der Waals surface area contributed by atoms with Crippen LogP contribution < -0.4 is 0 Å². The molecule has 1 saturated heterocycles. The first-order valence-electron chi connectivity index (χ1n) is 7.01. The van der Waals surface area contributed by atoms with Crippen molar-refractivity contribution in [2.75, 3.05) is 13.1 Å². The second kappa shape index (κ2) is 6.16. The van der Waals surface area contributed by atoms with Gasteiger partial charge in [0.2, 0.25) is 0 Å². The molecule has 0 N–H and O–H groups in total. The molecule has 114 valence electrons. The fraction of sp³-hybridized carbons (Fsp3) is 0.235. The van der Waals surface area contributed by atoms with E-state index < -0.39 is 11.6 Å². The fourth-order valence-corrected chi connectivity index (χ4v) is 3.17. The van der Waals surface area contributed by atoms with Crippen molar-refractivity contribution in [3.05, 3.63) is 69.7 Å². The Kier molecular flexibility index (Phi) is 4.25. The Labute approximate surface area is 135 Å². The van der Waals surface area contributed by atoms with Gasteiger partial charge in [-0.15, -0.1) is 0 Å². The Bertz CT molecular complexity index is 693. The van der Waals surface area contributed by atoms with E-state index in [0.717, 1.165) is 29.1 Å². The highest BCUT2D eigenvalue weighted by Crippen LogP contribution is 2.24. The monoisotopic (exact) mass is 365 g/mol. The molecule has 1 aliphatic rings. The van der Waals surface area contributed by atoms with Crippen LogP contribution in [0.15, 0.2) is 46.9 Å². The van der Waals surface area contributed by atoms with Crippen LogP contribution in [0.2, 0.25) is 0 Å². The summed E-state index contributed by atoms with van der Waals surface area (Å²) in [6.45, 7) is 1.23. The highest BCUT2D eigenvalue weighted by Gasteiger charge is 2.31. The van der Waals surface area contributed by atoms with E-state index in [1.165, 1.54) is 5.56 Å². The number of likely N-dealkylation sites (tertiary alicyclic amines) is 1. The van der Waals surface area contributed by atoms with Crippen molar-refractivity contribution < 1.29 is 13.6 Å². The van der Waals surface area contributed by atoms with Crippen molar-refractivity contribution >= 4 is 21.8 Å². The molecule has 0 unspecified atom stereocenters. The second-order valence-electron chi connectivity index (χ2n) is 5.57. The number of hydrogen-bond donors (Lipinski definition) is 0. The zero-order valence-electron chi connectivity index (χ0n) is 11.7. The summed E-state index contributed by atoms with van der Waals surface area (Å²) in [5, 5.41) is 0. The molecule has 0 bridgehead atoms. The van der Waals surface area contributed by atoms with Gasteiger partial charge in [-0.25, -0.2) is 8.78 Å². The van der Waals surface area contributed by atoms with Crippen molar-refractivity contribution in [3.63, 3.8) is 0 Å². The van der Waals surface area contributed by atoms with E-state index in [2.05, 4.69) is 28.1 Å². The van der Waals surface area contributed by atoms with Gasteiger partial charge in [0.1, 0.15) is 11.6 Å². The van der Waals surface area contributed by atoms with Gasteiger partial charge in [0, 0.05) is 29.2 Å². The van der Waals surface area contributed by atoms with Crippen LogP contribution in [0.25, 0.3) is 0 Å². The number of halogens is 3. The van der Waals surface area contributed by atoms with Crippen LogP contribution in [0.5, 0.6) is 0 Å². The molecule has 1 heterocycles. The second-order valence-corrected chi connectivity index (χ2v) is 6.48. The molecule has 0 aromatic heterocycles. The molecule has 0 radical (unpaired) electrons. The lowest BCUT2D eigenvalue weighted by molar-refractivity contribution is 0.0500. The highest BCUT2D eigenvalue weighted by molar-refractivity contribution is 9.10. The van der Waals surface area contributed by atoms with E-state index >= 15 is 0 Å². The van der Waals surface area contributed by atoms with Gasteiger partial charge in [-0.3, -0.25) is 4.79 Å². The summed E-state index contributed by atoms with van der Waals surface area (Å²) in [5.74, 6) is -1.38. The van der Waals surface area contributed by atoms with Crippen molar-refractivity contribution in [1.82, 2.24) is 4.90 Å². The first-order chi connectivity index (χ1) is 10.5. The lowest BCUT2D eigenvalue weighted by atomic mass is 9.91. The van der Waals surface area contributed by atoms with E-state index in [9.17, 15) is 13.6 Å². The third-order valence-electron chi connectivity index (χ3n) is 3.77. The number of amides is 1. The standard InChI is InChI=1S/C17H14BrF2NO/c18-14-3-1-2-11(5-14)4-12-9-21(10-12)17(22)13-6-15(19)8-16(20)7-13/h1-3,5-8,12H,4,9-10H2. The molecule has 0 atom stereocenters. The van der Waals surface area contributed by atoms with Crippen LogP contribution in [0.4, 0.5) is 8.78 Å². The van der Waals surface area contributed by atoms with Crippen LogP contribution in [0.3, 0.4) is 0 Å². The Hall–Kier alpha value is -1.75. The fourth-order valence-electron chi connectivity index (χ4n) is 2.72. The van der Waals surface area contributed by atoms with Crippen LogP contribution in [0, 0.1) is 17.6 Å². The van der Waals surface area contributed by atoms with Crippen molar-refractivity contribution in [3.8, 4) is 0 Å². The Morgan fingerprint density at radius 3 is 2.45 bits per heavy atom. The summed E-state index contributed by atoms with van der Waals surface area (Å²) in [5.41, 5.74) is 1.28. The van der Waals surface area contributed by atoms with Crippen LogP contribution in [-0.2, 0) is 6.42 Å². The predicted molar refractivity (Wildman–Crippen MR) is 83.6 cm³/mol. The number of nitrogens with zero attached hydrogens (tertiary/aromatic N) is 1. The van der Waals surface area contributed by atoms with E-state index in [1.807, 2.05) is 12.1 Å². The first kappa shape index (κ1) is 15.2. The molecule has 2 aromatic carbocycles. The quantitative estimate of drug-likeness (QED) is 0.803. The van der Waals surface area contributed by atoms with Gasteiger partial charge < -0.3 is 4.90 Å². The average Bonchev–Trinajstić information content (AvgIpc) is 2.40. The molecular weight excluding hydrogens is 352 g/mol. The molecular formula is C17H14BrF2NO. The largest absolute Gasteiger partial charge is 0.338 e. The molecule has 2 nitrogen and oxygen atoms in total. The molecule has 1 fully saturated rings. The maximum Gasteiger partial charge on any atom is 0.254 e. The van der Waals surface area contributed by atoms with Gasteiger partial charge in [-0.1, -0.05) is 28.1 Å². The van der Waals surface area contributed by atoms with E-state index in [-0.39, 0.29) is 11.5 Å². The Morgan fingerprint density at radius 2 is 1.82 bits per heavy atom. The number of rotatable bonds is 3. The topological polar surface area (TPSA) is 20.3 Å². The lowest BCUT2D eigenvalue weighted by Gasteiger charge is -2.39. The normalized spacial score (nSPS) is 14.8. The predicted octanol–water partition coefficient (Wildman–Crippen LogP) is 4.04. The summed E-state index contributed by atoms with van der Waals surface area (Å²) in [7, 11) is 0. The summed E-state index contributed by atoms with van der Waals surface area (Å²) in [6.07, 6.45) is 0.890. The van der Waals surface area contributed by atoms with Gasteiger partial charge >= 0.3 is 0 Å². The van der Waals surface area contributed by atoms with E-state index in [4.69, 9.17) is 0 Å². The molecule has 0 saturated carbocycles. The first-order valence-corrected chi connectivity index (χ1v) is 7.80. The summed E-state index contributed by atoms with van der Waals surface area (Å²) < 4.78 is 27.4. The SMILES string of the molecule is O=C(c1cc(F)cc(F)c1)N1CC(Cc2cccc(Br)c2)C1. The van der Waals surface area contributed by atoms with Crippen molar-refractivity contribution in [1.29, 1.82) is 0 Å². The number of hydrogen-bond acceptors (Lipinski definition) is 1. The van der Waals surface area contributed by atoms with E-state index in [0.29, 0.717) is 19.0 Å². The smallest absolute Gasteiger partial charge is 0.254 e. The maximum absolute atomic E-state index is 13.2. The average molecular weight is 366 g/mol. The van der Waals surface area contributed by atoms with Gasteiger partial charge in [-0.2, -0.15) is 0 Å². The van der Waals surface area contributed by atoms with Gasteiger partial charge in [0.25, 0.3) is 5.91 Å². The van der Waals surface area contributed by atoms with Gasteiger partial charge in [0.05, 0.1) is 0 Å². The molecule has 0 spiro atoms. The third-order valence-corrected chi connectivity index (χ3v) is 4.26. The number of carbonyl (C=O) groups is 1. The number of benzene rings is 2. The molecule has 3 rings (SSSR count). The minimum Gasteiger partial charge on any atom is -0.338 e. The van der Waals surface area contributed by atoms with Gasteiger partial charge in [-0.05, 0) is 42.2 Å². The highest BCUT2D eigenvalue weighted by atomic mass is 79.9. The minimum absolute atomic E-state index is 0.0680. The molecule has 1 amide bonds. The Balaban J connectivity index is 1.60. The summed E-state index contributed by atoms with van der Waals surface area (Å²) in [6, 6.07) is 11.0. The zero-order valence-corrected chi connectivity index (χ0v) is 13.3. The van der Waals surface area contributed by atoms with Crippen LogP contribution in [0.1, 0.15) is 15.9 Å². The zero-order chi connectivity index (χ0) is 15.7. The van der Waals surface area contributed by atoms with Crippen LogP contribution >= 0.6 is 15.9 Å². The maximum atomic E-state index is 13.2. The molecule has 0 aliphatic carbocycles. The molecule has 5 heteroatoms.